The highest BCUT2D eigenvalue weighted by molar-refractivity contribution is 6.08. The lowest BCUT2D eigenvalue weighted by atomic mass is 9.43. The lowest BCUT2D eigenvalue weighted by Gasteiger charge is -2.61. The third-order valence-electron chi connectivity index (χ3n) is 19.3. The molecule has 17 rings (SSSR count). The zero-order valence-corrected chi connectivity index (χ0v) is 40.8. The molecule has 5 fully saturated rings. The number of hydrogen-bond donors (Lipinski definition) is 0. The summed E-state index contributed by atoms with van der Waals surface area (Å²) in [4.78, 5) is 2.43. The molecule has 4 bridgehead atoms. The van der Waals surface area contributed by atoms with Crippen LogP contribution < -0.4 is 4.90 Å². The van der Waals surface area contributed by atoms with Gasteiger partial charge in [-0.15, -0.1) is 0 Å². The minimum absolute atomic E-state index is 0.117. The maximum Gasteiger partial charge on any atom is 0.135 e. The van der Waals surface area contributed by atoms with Crippen LogP contribution in [0.2, 0.25) is 0 Å². The van der Waals surface area contributed by atoms with Crippen LogP contribution >= 0.6 is 0 Å². The van der Waals surface area contributed by atoms with Gasteiger partial charge in [-0.2, -0.15) is 0 Å². The molecule has 0 amide bonds. The first-order chi connectivity index (χ1) is 35.6. The van der Waals surface area contributed by atoms with Crippen LogP contribution in [0.25, 0.3) is 77.6 Å². The first-order valence-corrected chi connectivity index (χ1v) is 27.1. The Bertz CT molecular complexity index is 3770. The number of fused-ring (bicyclic) bond motifs is 11. The van der Waals surface area contributed by atoms with Gasteiger partial charge in [0.05, 0.1) is 0 Å². The summed E-state index contributed by atoms with van der Waals surface area (Å²) in [5.41, 5.74) is 25.1. The van der Waals surface area contributed by atoms with Gasteiger partial charge in [-0.05, 0) is 207 Å². The molecule has 348 valence electrons. The lowest BCUT2D eigenvalue weighted by Crippen LogP contribution is -2.55. The van der Waals surface area contributed by atoms with Crippen LogP contribution in [0, 0.1) is 23.7 Å². The van der Waals surface area contributed by atoms with Crippen LogP contribution in [0.15, 0.2) is 205 Å². The van der Waals surface area contributed by atoms with Gasteiger partial charge in [0.15, 0.2) is 0 Å². The molecule has 0 aliphatic heterocycles. The van der Waals surface area contributed by atoms with E-state index in [-0.39, 0.29) is 10.8 Å². The van der Waals surface area contributed by atoms with E-state index >= 15 is 0 Å². The predicted molar refractivity (Wildman–Crippen MR) is 297 cm³/mol. The van der Waals surface area contributed by atoms with Gasteiger partial charge in [0.2, 0.25) is 0 Å². The molecule has 0 radical (unpaired) electrons. The fraction of sp³-hybridized carbons (Fsp3) is 0.229. The minimum Gasteiger partial charge on any atom is -0.456 e. The van der Waals surface area contributed by atoms with E-state index in [1.807, 2.05) is 0 Å². The Kier molecular flexibility index (Phi) is 8.90. The molecular weight excluding hydrogens is 871 g/mol. The average molecular weight is 928 g/mol. The Morgan fingerprint density at radius 1 is 0.361 bits per heavy atom. The topological polar surface area (TPSA) is 16.4 Å². The van der Waals surface area contributed by atoms with E-state index in [9.17, 15) is 0 Å². The second kappa shape index (κ2) is 15.5. The van der Waals surface area contributed by atoms with E-state index in [1.54, 1.807) is 11.1 Å². The van der Waals surface area contributed by atoms with Crippen molar-refractivity contribution in [1.29, 1.82) is 0 Å². The van der Waals surface area contributed by atoms with Gasteiger partial charge in [0.25, 0.3) is 0 Å². The number of furan rings is 1. The van der Waals surface area contributed by atoms with E-state index in [1.165, 1.54) is 131 Å². The van der Waals surface area contributed by atoms with Crippen molar-refractivity contribution in [3.05, 3.63) is 222 Å². The second-order valence-electron chi connectivity index (χ2n) is 22.7. The van der Waals surface area contributed by atoms with Crippen molar-refractivity contribution in [2.45, 2.75) is 75.0 Å². The minimum atomic E-state index is 0.117. The molecular formula is C70H57NO. The van der Waals surface area contributed by atoms with Crippen molar-refractivity contribution < 1.29 is 4.42 Å². The predicted octanol–water partition coefficient (Wildman–Crippen LogP) is 19.0. The van der Waals surface area contributed by atoms with E-state index in [0.717, 1.165) is 62.7 Å². The van der Waals surface area contributed by atoms with Crippen molar-refractivity contribution in [2.75, 3.05) is 4.90 Å². The largest absolute Gasteiger partial charge is 0.456 e. The van der Waals surface area contributed by atoms with Gasteiger partial charge in [-0.3, -0.25) is 0 Å². The van der Waals surface area contributed by atoms with Crippen LogP contribution in [-0.4, -0.2) is 0 Å². The molecule has 0 atom stereocenters. The normalized spacial score (nSPS) is 22.6. The summed E-state index contributed by atoms with van der Waals surface area (Å²) in [5.74, 6) is 3.35. The summed E-state index contributed by atoms with van der Waals surface area (Å²) >= 11 is 0. The molecule has 7 aliphatic rings. The van der Waals surface area contributed by atoms with Gasteiger partial charge < -0.3 is 9.32 Å². The Balaban J connectivity index is 0.802. The van der Waals surface area contributed by atoms with Crippen molar-refractivity contribution >= 4 is 39.0 Å². The summed E-state index contributed by atoms with van der Waals surface area (Å²) in [6, 6.07) is 76.1. The van der Waals surface area contributed by atoms with Gasteiger partial charge in [-0.1, -0.05) is 159 Å². The highest BCUT2D eigenvalue weighted by Gasteiger charge is 2.61. The van der Waals surface area contributed by atoms with Crippen molar-refractivity contribution in [1.82, 2.24) is 0 Å². The van der Waals surface area contributed by atoms with Crippen LogP contribution in [-0.2, 0) is 10.8 Å². The average Bonchev–Trinajstić information content (AvgIpc) is 4.05. The molecule has 1 aromatic heterocycles. The monoisotopic (exact) mass is 927 g/mol. The first kappa shape index (κ1) is 41.2. The molecule has 5 saturated carbocycles. The van der Waals surface area contributed by atoms with Gasteiger partial charge in [0, 0.05) is 38.7 Å². The molecule has 7 aliphatic carbocycles. The SMILES string of the molecule is c1ccc(-c2ccc(N(c3ccc(-c4cccc5c4-c4ccccc4C54C5CC6CC(C5)CC4C6)cc3)c3ccc4oc5ccc(-c6ccc7c(c6)C6(CCCCC6)c6ccccc6-7)cc5c4c3)cc2)cc1. The van der Waals surface area contributed by atoms with Gasteiger partial charge >= 0.3 is 0 Å². The first-order valence-electron chi connectivity index (χ1n) is 27.1. The van der Waals surface area contributed by atoms with E-state index in [0.29, 0.717) is 0 Å². The smallest absolute Gasteiger partial charge is 0.135 e. The van der Waals surface area contributed by atoms with Crippen LogP contribution in [0.3, 0.4) is 0 Å². The van der Waals surface area contributed by atoms with Crippen LogP contribution in [0.5, 0.6) is 0 Å². The van der Waals surface area contributed by atoms with Crippen molar-refractivity contribution in [2.24, 2.45) is 23.7 Å². The number of hydrogen-bond acceptors (Lipinski definition) is 2. The second-order valence-corrected chi connectivity index (χ2v) is 22.7. The highest BCUT2D eigenvalue weighted by Crippen LogP contribution is 2.70. The van der Waals surface area contributed by atoms with E-state index in [2.05, 4.69) is 205 Å². The summed E-state index contributed by atoms with van der Waals surface area (Å²) < 4.78 is 6.64. The molecule has 72 heavy (non-hydrogen) atoms. The van der Waals surface area contributed by atoms with Crippen LogP contribution in [0.1, 0.15) is 86.5 Å². The van der Waals surface area contributed by atoms with Gasteiger partial charge in [-0.25, -0.2) is 0 Å². The van der Waals surface area contributed by atoms with E-state index in [4.69, 9.17) is 4.42 Å². The summed E-state index contributed by atoms with van der Waals surface area (Å²) in [7, 11) is 0. The van der Waals surface area contributed by atoms with Gasteiger partial charge in [0.1, 0.15) is 11.2 Å². The molecule has 1 heterocycles. The zero-order valence-electron chi connectivity index (χ0n) is 40.8. The number of rotatable bonds is 6. The van der Waals surface area contributed by atoms with E-state index < -0.39 is 0 Å². The standard InChI is InChI=1S/C70H57NO/c1-3-12-46(13-4-1)47-20-26-53(27-21-47)71(54-28-22-48(23-29-54)56-16-11-19-64-68(56)59-15-6-8-18-63(59)70(64)51-37-44-36-45(39-51)40-52(70)38-44)55-30-33-67-61(43-55)60-41-49(25-32-66(60)72-67)50-24-31-58-57-14-5-7-17-62(57)69(65(58)42-50)34-9-2-10-35-69/h1,3-8,11-33,41-45,51-52H,2,9-10,34-40H2. The molecule has 2 heteroatoms. The molecule has 0 N–H and O–H groups in total. The zero-order chi connectivity index (χ0) is 47.1. The number of anilines is 3. The Labute approximate surface area is 423 Å². The molecule has 2 spiro atoms. The lowest BCUT2D eigenvalue weighted by molar-refractivity contribution is -0.0399. The van der Waals surface area contributed by atoms with Crippen molar-refractivity contribution in [3.8, 4) is 55.6 Å². The summed E-state index contributed by atoms with van der Waals surface area (Å²) in [5, 5.41) is 2.27. The number of benzene rings is 9. The fourth-order valence-electron chi connectivity index (χ4n) is 16.5. The van der Waals surface area contributed by atoms with Crippen LogP contribution in [0.4, 0.5) is 17.1 Å². The fourth-order valence-corrected chi connectivity index (χ4v) is 16.5. The molecule has 0 unspecified atom stereocenters. The quantitative estimate of drug-likeness (QED) is 0.165. The highest BCUT2D eigenvalue weighted by atomic mass is 16.3. The maximum absolute atomic E-state index is 6.64. The summed E-state index contributed by atoms with van der Waals surface area (Å²) in [6.07, 6.45) is 13.4. The maximum atomic E-state index is 6.64. The third kappa shape index (κ3) is 5.84. The molecule has 2 nitrogen and oxygen atoms in total. The molecule has 9 aromatic carbocycles. The Morgan fingerprint density at radius 2 is 0.903 bits per heavy atom. The third-order valence-corrected chi connectivity index (χ3v) is 19.3. The molecule has 10 aromatic rings. The number of nitrogens with zero attached hydrogens (tertiary/aromatic N) is 1. The molecule has 0 saturated heterocycles. The Hall–Kier alpha value is -7.42. The Morgan fingerprint density at radius 3 is 1.65 bits per heavy atom. The summed E-state index contributed by atoms with van der Waals surface area (Å²) in [6.45, 7) is 0. The van der Waals surface area contributed by atoms with Crippen molar-refractivity contribution in [3.63, 3.8) is 0 Å².